The van der Waals surface area contributed by atoms with Crippen LogP contribution in [0.15, 0.2) is 72.1 Å². The number of nitrogens with one attached hydrogen (secondary N) is 1. The van der Waals surface area contributed by atoms with Crippen molar-refractivity contribution in [2.75, 3.05) is 5.32 Å². The molecule has 0 aliphatic heterocycles. The molecule has 0 fully saturated rings. The van der Waals surface area contributed by atoms with Crippen molar-refractivity contribution in [2.45, 2.75) is 13.8 Å². The molecule has 2 aromatic heterocycles. The van der Waals surface area contributed by atoms with Crippen LogP contribution in [0.3, 0.4) is 0 Å². The Morgan fingerprint density at radius 2 is 1.71 bits per heavy atom. The number of rotatable bonds is 4. The van der Waals surface area contributed by atoms with Crippen molar-refractivity contribution < 1.29 is 4.79 Å². The Bertz CT molecular complexity index is 1560. The summed E-state index contributed by atoms with van der Waals surface area (Å²) in [5.74, 6) is -0.249. The summed E-state index contributed by atoms with van der Waals surface area (Å²) < 4.78 is 0. The van der Waals surface area contributed by atoms with Crippen LogP contribution in [0.5, 0.6) is 0 Å². The highest BCUT2D eigenvalue weighted by molar-refractivity contribution is 7.14. The lowest BCUT2D eigenvalue weighted by Gasteiger charge is -2.10. The number of para-hydroxylation sites is 1. The molecule has 0 saturated heterocycles. The Balaban J connectivity index is 1.51. The van der Waals surface area contributed by atoms with Crippen LogP contribution in [-0.4, -0.2) is 15.9 Å². The third-order valence-electron chi connectivity index (χ3n) is 5.56. The van der Waals surface area contributed by atoms with Gasteiger partial charge in [-0.25, -0.2) is 9.97 Å². The first kappa shape index (κ1) is 22.5. The number of pyridine rings is 1. The maximum absolute atomic E-state index is 13.4. The third kappa shape index (κ3) is 4.42. The van der Waals surface area contributed by atoms with E-state index in [-0.39, 0.29) is 5.91 Å². The van der Waals surface area contributed by atoms with Crippen LogP contribution in [0.1, 0.15) is 21.5 Å². The van der Waals surface area contributed by atoms with Gasteiger partial charge in [0.15, 0.2) is 5.13 Å². The van der Waals surface area contributed by atoms with Crippen molar-refractivity contribution in [3.05, 3.63) is 98.8 Å². The number of anilines is 1. The quantitative estimate of drug-likeness (QED) is 0.268. The SMILES string of the molecule is Cc1ccc(-c2csc(NC(=O)c3cc(-c4ccc(Cl)c(Cl)c4)nc4ccccc34)n2)c(C)c1. The summed E-state index contributed by atoms with van der Waals surface area (Å²) in [4.78, 5) is 22.8. The zero-order valence-electron chi connectivity index (χ0n) is 18.4. The number of hydrogen-bond acceptors (Lipinski definition) is 4. The molecule has 0 atom stereocenters. The number of carbonyl (C=O) groups excluding carboxylic acids is 1. The number of nitrogens with zero attached hydrogens (tertiary/aromatic N) is 2. The third-order valence-corrected chi connectivity index (χ3v) is 7.06. The van der Waals surface area contributed by atoms with Gasteiger partial charge < -0.3 is 0 Å². The lowest BCUT2D eigenvalue weighted by atomic mass is 10.0. The molecule has 34 heavy (non-hydrogen) atoms. The van der Waals surface area contributed by atoms with Crippen molar-refractivity contribution in [2.24, 2.45) is 0 Å². The topological polar surface area (TPSA) is 54.9 Å². The average Bonchev–Trinajstić information content (AvgIpc) is 3.28. The molecule has 0 saturated carbocycles. The summed E-state index contributed by atoms with van der Waals surface area (Å²) in [5.41, 5.74) is 6.88. The van der Waals surface area contributed by atoms with Gasteiger partial charge in [0.1, 0.15) is 0 Å². The molecule has 1 N–H and O–H groups in total. The minimum absolute atomic E-state index is 0.249. The first-order chi connectivity index (χ1) is 16.4. The minimum atomic E-state index is -0.249. The molecule has 0 unspecified atom stereocenters. The fraction of sp³-hybridized carbons (Fsp3) is 0.0741. The number of aryl methyl sites for hydroxylation is 2. The molecular formula is C27H19Cl2N3OS. The molecule has 1 amide bonds. The van der Waals surface area contributed by atoms with Gasteiger partial charge in [0.2, 0.25) is 0 Å². The average molecular weight is 504 g/mol. The number of benzene rings is 3. The number of halogens is 2. The molecule has 0 bridgehead atoms. The van der Waals surface area contributed by atoms with Crippen LogP contribution in [0.4, 0.5) is 5.13 Å². The number of thiazole rings is 1. The van der Waals surface area contributed by atoms with E-state index in [4.69, 9.17) is 28.2 Å². The van der Waals surface area contributed by atoms with E-state index in [0.29, 0.717) is 32.0 Å². The van der Waals surface area contributed by atoms with Crippen LogP contribution >= 0.6 is 34.5 Å². The van der Waals surface area contributed by atoms with Crippen LogP contribution < -0.4 is 5.32 Å². The van der Waals surface area contributed by atoms with Gasteiger partial charge in [-0.05, 0) is 43.7 Å². The molecule has 5 aromatic rings. The second-order valence-corrected chi connectivity index (χ2v) is 9.68. The van der Waals surface area contributed by atoms with E-state index < -0.39 is 0 Å². The molecular weight excluding hydrogens is 485 g/mol. The number of carbonyl (C=O) groups is 1. The molecule has 168 valence electrons. The van der Waals surface area contributed by atoms with Gasteiger partial charge in [0, 0.05) is 21.9 Å². The van der Waals surface area contributed by atoms with Gasteiger partial charge in [0.25, 0.3) is 5.91 Å². The molecule has 2 heterocycles. The second-order valence-electron chi connectivity index (χ2n) is 8.01. The lowest BCUT2D eigenvalue weighted by Crippen LogP contribution is -2.13. The van der Waals surface area contributed by atoms with E-state index >= 15 is 0 Å². The Hall–Kier alpha value is -3.25. The van der Waals surface area contributed by atoms with E-state index in [1.54, 1.807) is 18.2 Å². The summed E-state index contributed by atoms with van der Waals surface area (Å²) in [6.07, 6.45) is 0. The van der Waals surface area contributed by atoms with Crippen LogP contribution in [-0.2, 0) is 0 Å². The summed E-state index contributed by atoms with van der Waals surface area (Å²) in [5, 5.41) is 7.12. The van der Waals surface area contributed by atoms with Crippen molar-refractivity contribution in [1.29, 1.82) is 0 Å². The summed E-state index contributed by atoms with van der Waals surface area (Å²) in [6.45, 7) is 4.13. The fourth-order valence-corrected chi connectivity index (χ4v) is 4.89. The zero-order valence-corrected chi connectivity index (χ0v) is 20.7. The highest BCUT2D eigenvalue weighted by atomic mass is 35.5. The van der Waals surface area contributed by atoms with Crippen LogP contribution in [0.25, 0.3) is 33.4 Å². The van der Waals surface area contributed by atoms with E-state index in [1.165, 1.54) is 16.9 Å². The van der Waals surface area contributed by atoms with Crippen molar-refractivity contribution in [3.8, 4) is 22.5 Å². The van der Waals surface area contributed by atoms with Gasteiger partial charge in [-0.1, -0.05) is 71.2 Å². The highest BCUT2D eigenvalue weighted by Crippen LogP contribution is 2.32. The summed E-state index contributed by atoms with van der Waals surface area (Å²) in [6, 6.07) is 20.9. The first-order valence-corrected chi connectivity index (χ1v) is 12.2. The minimum Gasteiger partial charge on any atom is -0.298 e. The van der Waals surface area contributed by atoms with Gasteiger partial charge in [-0.2, -0.15) is 0 Å². The fourth-order valence-electron chi connectivity index (χ4n) is 3.89. The highest BCUT2D eigenvalue weighted by Gasteiger charge is 2.17. The van der Waals surface area contributed by atoms with Crippen LogP contribution in [0, 0.1) is 13.8 Å². The predicted octanol–water partition coefficient (Wildman–Crippen LogP) is 8.20. The maximum atomic E-state index is 13.4. The molecule has 0 aliphatic rings. The maximum Gasteiger partial charge on any atom is 0.258 e. The standard InChI is InChI=1S/C27H19Cl2N3OS/c1-15-7-9-18(16(2)11-15)25-14-34-27(31-25)32-26(33)20-13-24(17-8-10-21(28)22(29)12-17)30-23-6-4-3-5-19(20)23/h3-14H,1-2H3,(H,31,32,33). The van der Waals surface area contributed by atoms with Crippen molar-refractivity contribution >= 4 is 56.5 Å². The lowest BCUT2D eigenvalue weighted by molar-refractivity contribution is 0.102. The summed E-state index contributed by atoms with van der Waals surface area (Å²) >= 11 is 13.7. The zero-order chi connectivity index (χ0) is 23.8. The van der Waals surface area contributed by atoms with Crippen molar-refractivity contribution in [3.63, 3.8) is 0 Å². The van der Waals surface area contributed by atoms with Gasteiger partial charge in [-0.15, -0.1) is 11.3 Å². The van der Waals surface area contributed by atoms with Gasteiger partial charge in [-0.3, -0.25) is 10.1 Å². The number of amides is 1. The molecule has 0 aliphatic carbocycles. The Labute approximate surface area is 211 Å². The van der Waals surface area contributed by atoms with E-state index in [1.807, 2.05) is 35.7 Å². The van der Waals surface area contributed by atoms with E-state index in [2.05, 4.69) is 42.3 Å². The summed E-state index contributed by atoms with van der Waals surface area (Å²) in [7, 11) is 0. The predicted molar refractivity (Wildman–Crippen MR) is 142 cm³/mol. The van der Waals surface area contributed by atoms with Crippen molar-refractivity contribution in [1.82, 2.24) is 9.97 Å². The first-order valence-electron chi connectivity index (χ1n) is 10.6. The normalized spacial score (nSPS) is 11.1. The number of fused-ring (bicyclic) bond motifs is 1. The monoisotopic (exact) mass is 503 g/mol. The molecule has 4 nitrogen and oxygen atoms in total. The Kier molecular flexibility index (Phi) is 6.09. The van der Waals surface area contributed by atoms with Crippen LogP contribution in [0.2, 0.25) is 10.0 Å². The second kappa shape index (κ2) is 9.18. The van der Waals surface area contributed by atoms with E-state index in [0.717, 1.165) is 27.8 Å². The number of hydrogen-bond donors (Lipinski definition) is 1. The molecule has 3 aromatic carbocycles. The molecule has 0 spiro atoms. The van der Waals surface area contributed by atoms with Gasteiger partial charge >= 0.3 is 0 Å². The molecule has 7 heteroatoms. The number of aromatic nitrogens is 2. The molecule has 0 radical (unpaired) electrons. The van der Waals surface area contributed by atoms with Gasteiger partial charge in [0.05, 0.1) is 32.5 Å². The largest absolute Gasteiger partial charge is 0.298 e. The Morgan fingerprint density at radius 3 is 2.50 bits per heavy atom. The van der Waals surface area contributed by atoms with E-state index in [9.17, 15) is 4.79 Å². The smallest absolute Gasteiger partial charge is 0.258 e. The molecule has 5 rings (SSSR count). The Morgan fingerprint density at radius 1 is 0.882 bits per heavy atom.